The summed E-state index contributed by atoms with van der Waals surface area (Å²) in [7, 11) is 3.23. The number of carbonyl (C=O) groups excluding carboxylic acids is 1. The second kappa shape index (κ2) is 8.85. The molecule has 27 heavy (non-hydrogen) atoms. The lowest BCUT2D eigenvalue weighted by Gasteiger charge is -2.20. The van der Waals surface area contributed by atoms with Gasteiger partial charge in [0, 0.05) is 18.0 Å². The van der Waals surface area contributed by atoms with Crippen LogP contribution >= 0.6 is 0 Å². The van der Waals surface area contributed by atoms with Crippen LogP contribution in [0.25, 0.3) is 0 Å². The van der Waals surface area contributed by atoms with Crippen molar-refractivity contribution in [3.8, 4) is 11.5 Å². The minimum absolute atomic E-state index is 0.0860. The third-order valence-corrected chi connectivity index (χ3v) is 4.34. The van der Waals surface area contributed by atoms with Gasteiger partial charge in [0.25, 0.3) is 0 Å². The molecule has 0 aliphatic carbocycles. The maximum Gasteiger partial charge on any atom is 0.225 e. The summed E-state index contributed by atoms with van der Waals surface area (Å²) < 4.78 is 10.6. The van der Waals surface area contributed by atoms with Crippen molar-refractivity contribution in [2.24, 2.45) is 0 Å². The molecule has 1 aromatic heterocycles. The van der Waals surface area contributed by atoms with E-state index in [2.05, 4.69) is 10.3 Å². The molecule has 0 aliphatic heterocycles. The Morgan fingerprint density at radius 3 is 2.26 bits per heavy atom. The second-order valence-electron chi connectivity index (χ2n) is 6.04. The first-order valence-electron chi connectivity index (χ1n) is 8.66. The van der Waals surface area contributed by atoms with Crippen molar-refractivity contribution in [3.05, 3.63) is 89.7 Å². The molecule has 5 heteroatoms. The second-order valence-corrected chi connectivity index (χ2v) is 6.04. The van der Waals surface area contributed by atoms with Crippen molar-refractivity contribution in [2.75, 3.05) is 14.2 Å². The normalized spacial score (nSPS) is 11.5. The number of aromatic nitrogens is 1. The number of ether oxygens (including phenoxy) is 2. The van der Waals surface area contributed by atoms with E-state index < -0.39 is 0 Å². The molecular formula is C22H22N2O3. The molecule has 0 unspecified atom stereocenters. The number of amides is 1. The third kappa shape index (κ3) is 4.64. The van der Waals surface area contributed by atoms with Crippen molar-refractivity contribution in [1.82, 2.24) is 10.3 Å². The average Bonchev–Trinajstić information content (AvgIpc) is 2.73. The van der Waals surface area contributed by atoms with Crippen LogP contribution in [0.1, 0.15) is 22.7 Å². The number of rotatable bonds is 7. The maximum absolute atomic E-state index is 12.8. The van der Waals surface area contributed by atoms with Gasteiger partial charge in [-0.1, -0.05) is 30.3 Å². The Balaban J connectivity index is 1.83. The number of nitrogens with one attached hydrogen (secondary N) is 1. The summed E-state index contributed by atoms with van der Waals surface area (Å²) in [5.41, 5.74) is 2.78. The molecule has 1 N–H and O–H groups in total. The summed E-state index contributed by atoms with van der Waals surface area (Å²) in [5, 5.41) is 3.12. The zero-order chi connectivity index (χ0) is 19.1. The van der Waals surface area contributed by atoms with Crippen LogP contribution in [0.15, 0.2) is 73.1 Å². The van der Waals surface area contributed by atoms with Crippen molar-refractivity contribution < 1.29 is 14.3 Å². The van der Waals surface area contributed by atoms with Gasteiger partial charge in [0.15, 0.2) is 0 Å². The Morgan fingerprint density at radius 2 is 1.59 bits per heavy atom. The molecule has 138 valence electrons. The predicted octanol–water partition coefficient (Wildman–Crippen LogP) is 3.55. The van der Waals surface area contributed by atoms with E-state index in [4.69, 9.17) is 9.47 Å². The fourth-order valence-electron chi connectivity index (χ4n) is 2.95. The van der Waals surface area contributed by atoms with Crippen LogP contribution < -0.4 is 14.8 Å². The zero-order valence-corrected chi connectivity index (χ0v) is 15.4. The Bertz CT molecular complexity index is 880. The molecule has 0 saturated carbocycles. The lowest BCUT2D eigenvalue weighted by molar-refractivity contribution is -0.121. The van der Waals surface area contributed by atoms with Crippen LogP contribution in [-0.2, 0) is 11.2 Å². The van der Waals surface area contributed by atoms with Crippen LogP contribution in [0.2, 0.25) is 0 Å². The van der Waals surface area contributed by atoms with Crippen LogP contribution in [-0.4, -0.2) is 25.1 Å². The number of carbonyl (C=O) groups is 1. The van der Waals surface area contributed by atoms with Crippen molar-refractivity contribution in [3.63, 3.8) is 0 Å². The molecule has 3 aromatic rings. The quantitative estimate of drug-likeness (QED) is 0.698. The lowest BCUT2D eigenvalue weighted by Crippen LogP contribution is -2.30. The smallest absolute Gasteiger partial charge is 0.225 e. The van der Waals surface area contributed by atoms with Crippen molar-refractivity contribution in [1.29, 1.82) is 0 Å². The Morgan fingerprint density at radius 1 is 0.926 bits per heavy atom. The molecule has 3 rings (SSSR count). The van der Waals surface area contributed by atoms with Gasteiger partial charge in [-0.25, -0.2) is 0 Å². The molecular weight excluding hydrogens is 340 g/mol. The third-order valence-electron chi connectivity index (χ3n) is 4.34. The van der Waals surface area contributed by atoms with Crippen molar-refractivity contribution in [2.45, 2.75) is 12.5 Å². The average molecular weight is 362 g/mol. The summed E-state index contributed by atoms with van der Waals surface area (Å²) >= 11 is 0. The van der Waals surface area contributed by atoms with Gasteiger partial charge in [0.1, 0.15) is 11.5 Å². The number of hydrogen-bond donors (Lipinski definition) is 1. The molecule has 0 spiro atoms. The Hall–Kier alpha value is -3.34. The molecule has 1 amide bonds. The van der Waals surface area contributed by atoms with E-state index in [1.54, 1.807) is 26.6 Å². The summed E-state index contributed by atoms with van der Waals surface area (Å²) in [6.07, 6.45) is 3.68. The van der Waals surface area contributed by atoms with Crippen LogP contribution in [0.3, 0.4) is 0 Å². The molecule has 1 heterocycles. The highest BCUT2D eigenvalue weighted by Crippen LogP contribution is 2.25. The van der Waals surface area contributed by atoms with E-state index in [1.165, 1.54) is 0 Å². The SMILES string of the molecule is COc1ccc([C@@H](NC(=O)Cc2ccccc2OC)c2ccncc2)cc1. The molecule has 0 bridgehead atoms. The maximum atomic E-state index is 12.8. The van der Waals surface area contributed by atoms with E-state index in [-0.39, 0.29) is 18.4 Å². The van der Waals surface area contributed by atoms with E-state index in [9.17, 15) is 4.79 Å². The highest BCUT2D eigenvalue weighted by atomic mass is 16.5. The van der Waals surface area contributed by atoms with Gasteiger partial charge in [0.05, 0.1) is 26.7 Å². The molecule has 2 aromatic carbocycles. The molecule has 1 atom stereocenters. The Kier molecular flexibility index (Phi) is 6.05. The number of methoxy groups -OCH3 is 2. The summed E-state index contributed by atoms with van der Waals surface area (Å²) in [6, 6.07) is 18.7. The molecule has 0 saturated heterocycles. The number of nitrogens with zero attached hydrogens (tertiary/aromatic N) is 1. The number of hydrogen-bond acceptors (Lipinski definition) is 4. The topological polar surface area (TPSA) is 60.5 Å². The van der Waals surface area contributed by atoms with Gasteiger partial charge >= 0.3 is 0 Å². The standard InChI is InChI=1S/C22H22N2O3/c1-26-19-9-7-16(8-10-19)22(17-11-13-23-14-12-17)24-21(25)15-18-5-3-4-6-20(18)27-2/h3-14,22H,15H2,1-2H3,(H,24,25)/t22-/m1/s1. The van der Waals surface area contributed by atoms with E-state index in [0.717, 1.165) is 22.4 Å². The summed E-state index contributed by atoms with van der Waals surface area (Å²) in [6.45, 7) is 0. The fraction of sp³-hybridized carbons (Fsp3) is 0.182. The highest BCUT2D eigenvalue weighted by molar-refractivity contribution is 5.80. The van der Waals surface area contributed by atoms with Crippen molar-refractivity contribution >= 4 is 5.91 Å². The molecule has 0 fully saturated rings. The molecule has 0 radical (unpaired) electrons. The zero-order valence-electron chi connectivity index (χ0n) is 15.4. The lowest BCUT2D eigenvalue weighted by atomic mass is 9.99. The predicted molar refractivity (Wildman–Crippen MR) is 104 cm³/mol. The van der Waals surface area contributed by atoms with Crippen LogP contribution in [0, 0.1) is 0 Å². The summed E-state index contributed by atoms with van der Waals surface area (Å²) in [4.78, 5) is 16.8. The first-order valence-corrected chi connectivity index (χ1v) is 8.66. The van der Waals surface area contributed by atoms with Gasteiger partial charge in [-0.15, -0.1) is 0 Å². The largest absolute Gasteiger partial charge is 0.497 e. The van der Waals surface area contributed by atoms with Crippen LogP contribution in [0.5, 0.6) is 11.5 Å². The first kappa shape index (κ1) is 18.5. The van der Waals surface area contributed by atoms with Crippen LogP contribution in [0.4, 0.5) is 0 Å². The van der Waals surface area contributed by atoms with E-state index in [0.29, 0.717) is 5.75 Å². The van der Waals surface area contributed by atoms with Gasteiger partial charge in [0.2, 0.25) is 5.91 Å². The number of benzene rings is 2. The van der Waals surface area contributed by atoms with Gasteiger partial charge in [-0.05, 0) is 41.5 Å². The van der Waals surface area contributed by atoms with Gasteiger partial charge < -0.3 is 14.8 Å². The minimum atomic E-state index is -0.277. The monoisotopic (exact) mass is 362 g/mol. The summed E-state index contributed by atoms with van der Waals surface area (Å²) in [5.74, 6) is 1.39. The van der Waals surface area contributed by atoms with E-state index >= 15 is 0 Å². The van der Waals surface area contributed by atoms with Gasteiger partial charge in [-0.3, -0.25) is 9.78 Å². The highest BCUT2D eigenvalue weighted by Gasteiger charge is 2.18. The Labute approximate surface area is 159 Å². The first-order chi connectivity index (χ1) is 13.2. The molecule has 0 aliphatic rings. The number of para-hydroxylation sites is 1. The minimum Gasteiger partial charge on any atom is -0.497 e. The fourth-order valence-corrected chi connectivity index (χ4v) is 2.95. The van der Waals surface area contributed by atoms with E-state index in [1.807, 2.05) is 60.7 Å². The number of pyridine rings is 1. The molecule has 5 nitrogen and oxygen atoms in total. The van der Waals surface area contributed by atoms with Gasteiger partial charge in [-0.2, -0.15) is 0 Å².